The number of hydrogen-bond donors (Lipinski definition) is 2. The van der Waals surface area contributed by atoms with Gasteiger partial charge in [0.1, 0.15) is 6.61 Å². The summed E-state index contributed by atoms with van der Waals surface area (Å²) < 4.78 is 10.9. The van der Waals surface area contributed by atoms with Gasteiger partial charge in [0.05, 0.1) is 12.6 Å². The number of nitrogens with one attached hydrogen (secondary N) is 2. The molecule has 35 heavy (non-hydrogen) atoms. The number of alkyl carbamates (subject to hydrolysis) is 1. The van der Waals surface area contributed by atoms with Crippen molar-refractivity contribution < 1.29 is 23.9 Å². The average molecular weight is 482 g/mol. The van der Waals surface area contributed by atoms with Crippen molar-refractivity contribution in [2.75, 3.05) is 31.6 Å². The van der Waals surface area contributed by atoms with E-state index >= 15 is 0 Å². The summed E-state index contributed by atoms with van der Waals surface area (Å²) in [6.07, 6.45) is 1.90. The topological polar surface area (TPSA) is 97.0 Å². The van der Waals surface area contributed by atoms with Crippen molar-refractivity contribution in [3.63, 3.8) is 0 Å². The van der Waals surface area contributed by atoms with E-state index in [0.29, 0.717) is 26.1 Å². The fraction of sp³-hybridized carbons (Fsp3) is 0.444. The van der Waals surface area contributed by atoms with E-state index < -0.39 is 6.09 Å². The zero-order chi connectivity index (χ0) is 25.0. The smallest absolute Gasteiger partial charge is 0.407 e. The van der Waals surface area contributed by atoms with E-state index in [1.807, 2.05) is 62.4 Å². The molecule has 3 rings (SSSR count). The van der Waals surface area contributed by atoms with Crippen LogP contribution < -0.4 is 10.6 Å². The van der Waals surface area contributed by atoms with E-state index in [9.17, 15) is 14.4 Å². The minimum Gasteiger partial charge on any atom is -0.445 e. The molecule has 1 heterocycles. The standard InChI is InChI=1S/C27H35N3O5/c1-20-9-6-13-24(21(20)2)29-25(31)18-30(17-23-12-8-16-34-23)26(32)14-7-15-28-27(33)35-19-22-10-4-3-5-11-22/h3-6,9-11,13,23H,7-8,12,14-19H2,1-2H3,(H,28,33)(H,29,31). The van der Waals surface area contributed by atoms with E-state index in [4.69, 9.17) is 9.47 Å². The summed E-state index contributed by atoms with van der Waals surface area (Å²) in [7, 11) is 0. The van der Waals surface area contributed by atoms with Gasteiger partial charge in [0.15, 0.2) is 0 Å². The molecular weight excluding hydrogens is 446 g/mol. The fourth-order valence-corrected chi connectivity index (χ4v) is 3.90. The predicted molar refractivity (Wildman–Crippen MR) is 134 cm³/mol. The van der Waals surface area contributed by atoms with Crippen LogP contribution in [0, 0.1) is 13.8 Å². The van der Waals surface area contributed by atoms with Crippen molar-refractivity contribution in [2.24, 2.45) is 0 Å². The molecule has 1 saturated heterocycles. The molecule has 1 aliphatic rings. The molecule has 0 radical (unpaired) electrons. The Morgan fingerprint density at radius 2 is 1.89 bits per heavy atom. The highest BCUT2D eigenvalue weighted by atomic mass is 16.5. The lowest BCUT2D eigenvalue weighted by Gasteiger charge is -2.25. The van der Waals surface area contributed by atoms with E-state index in [-0.39, 0.29) is 37.5 Å². The molecule has 0 aliphatic carbocycles. The number of anilines is 1. The van der Waals surface area contributed by atoms with Crippen LogP contribution in [-0.2, 0) is 25.7 Å². The molecule has 3 amide bonds. The van der Waals surface area contributed by atoms with Crippen LogP contribution in [0.5, 0.6) is 0 Å². The number of hydrogen-bond acceptors (Lipinski definition) is 5. The van der Waals surface area contributed by atoms with Crippen molar-refractivity contribution >= 4 is 23.6 Å². The van der Waals surface area contributed by atoms with Gasteiger partial charge < -0.3 is 25.0 Å². The second-order valence-corrected chi connectivity index (χ2v) is 8.80. The predicted octanol–water partition coefficient (Wildman–Crippen LogP) is 3.96. The van der Waals surface area contributed by atoms with Crippen LogP contribution >= 0.6 is 0 Å². The molecule has 0 spiro atoms. The molecular formula is C27H35N3O5. The van der Waals surface area contributed by atoms with Gasteiger partial charge in [-0.25, -0.2) is 4.79 Å². The summed E-state index contributed by atoms with van der Waals surface area (Å²) in [6, 6.07) is 15.2. The molecule has 1 aliphatic heterocycles. The Kier molecular flexibility index (Phi) is 10.1. The Labute approximate surface area is 207 Å². The van der Waals surface area contributed by atoms with E-state index in [2.05, 4.69) is 10.6 Å². The van der Waals surface area contributed by atoms with Crippen LogP contribution in [-0.4, -0.2) is 55.2 Å². The largest absolute Gasteiger partial charge is 0.445 e. The second-order valence-electron chi connectivity index (χ2n) is 8.80. The van der Waals surface area contributed by atoms with Crippen LogP contribution in [0.2, 0.25) is 0 Å². The first-order chi connectivity index (χ1) is 16.9. The first-order valence-electron chi connectivity index (χ1n) is 12.1. The number of ether oxygens (including phenoxy) is 2. The normalized spacial score (nSPS) is 14.9. The molecule has 0 bridgehead atoms. The third-order valence-electron chi connectivity index (χ3n) is 6.06. The summed E-state index contributed by atoms with van der Waals surface area (Å²) in [5, 5.41) is 5.59. The van der Waals surface area contributed by atoms with Crippen LogP contribution in [0.3, 0.4) is 0 Å². The molecule has 1 fully saturated rings. The van der Waals surface area contributed by atoms with Crippen LogP contribution in [0.1, 0.15) is 42.4 Å². The zero-order valence-electron chi connectivity index (χ0n) is 20.5. The van der Waals surface area contributed by atoms with Gasteiger partial charge in [0.25, 0.3) is 0 Å². The molecule has 0 saturated carbocycles. The molecule has 8 nitrogen and oxygen atoms in total. The van der Waals surface area contributed by atoms with Crippen LogP contribution in [0.4, 0.5) is 10.5 Å². The first kappa shape index (κ1) is 26.2. The summed E-state index contributed by atoms with van der Waals surface area (Å²) in [4.78, 5) is 39.2. The zero-order valence-corrected chi connectivity index (χ0v) is 20.5. The third-order valence-corrected chi connectivity index (χ3v) is 6.06. The van der Waals surface area contributed by atoms with Crippen molar-refractivity contribution in [3.8, 4) is 0 Å². The SMILES string of the molecule is Cc1cccc(NC(=O)CN(CC2CCCO2)C(=O)CCCNC(=O)OCc2ccccc2)c1C. The van der Waals surface area contributed by atoms with Crippen LogP contribution in [0.25, 0.3) is 0 Å². The van der Waals surface area contributed by atoms with Crippen molar-refractivity contribution in [1.82, 2.24) is 10.2 Å². The number of aryl methyl sites for hydroxylation is 1. The van der Waals surface area contributed by atoms with E-state index in [0.717, 1.165) is 35.2 Å². The van der Waals surface area contributed by atoms with Crippen molar-refractivity contribution in [1.29, 1.82) is 0 Å². The molecule has 8 heteroatoms. The lowest BCUT2D eigenvalue weighted by Crippen LogP contribution is -2.42. The van der Waals surface area contributed by atoms with Gasteiger partial charge in [-0.3, -0.25) is 9.59 Å². The minimum atomic E-state index is -0.523. The van der Waals surface area contributed by atoms with Gasteiger partial charge in [-0.15, -0.1) is 0 Å². The Morgan fingerprint density at radius 3 is 2.63 bits per heavy atom. The third kappa shape index (κ3) is 8.72. The van der Waals surface area contributed by atoms with E-state index in [1.165, 1.54) is 0 Å². The van der Waals surface area contributed by atoms with Gasteiger partial charge in [0.2, 0.25) is 11.8 Å². The van der Waals surface area contributed by atoms with Crippen molar-refractivity contribution in [3.05, 3.63) is 65.2 Å². The number of nitrogens with zero attached hydrogens (tertiary/aromatic N) is 1. The maximum Gasteiger partial charge on any atom is 0.407 e. The Balaban J connectivity index is 1.45. The van der Waals surface area contributed by atoms with Gasteiger partial charge in [-0.05, 0) is 55.9 Å². The van der Waals surface area contributed by atoms with Gasteiger partial charge >= 0.3 is 6.09 Å². The van der Waals surface area contributed by atoms with Gasteiger partial charge in [0, 0.05) is 31.8 Å². The van der Waals surface area contributed by atoms with E-state index in [1.54, 1.807) is 4.90 Å². The highest BCUT2D eigenvalue weighted by Crippen LogP contribution is 2.18. The first-order valence-corrected chi connectivity index (χ1v) is 12.1. The Hall–Kier alpha value is -3.39. The monoisotopic (exact) mass is 481 g/mol. The molecule has 2 aromatic carbocycles. The number of carbonyl (C=O) groups is 3. The molecule has 1 atom stereocenters. The summed E-state index contributed by atoms with van der Waals surface area (Å²) in [5.41, 5.74) is 3.74. The highest BCUT2D eigenvalue weighted by Gasteiger charge is 2.24. The maximum atomic E-state index is 12.9. The molecule has 2 N–H and O–H groups in total. The fourth-order valence-electron chi connectivity index (χ4n) is 3.90. The van der Waals surface area contributed by atoms with Gasteiger partial charge in [-0.2, -0.15) is 0 Å². The highest BCUT2D eigenvalue weighted by molar-refractivity contribution is 5.95. The quantitative estimate of drug-likeness (QED) is 0.474. The Morgan fingerprint density at radius 1 is 1.09 bits per heavy atom. The molecule has 188 valence electrons. The summed E-state index contributed by atoms with van der Waals surface area (Å²) in [5.74, 6) is -0.385. The molecule has 0 aromatic heterocycles. The average Bonchev–Trinajstić information content (AvgIpc) is 3.37. The number of amides is 3. The van der Waals surface area contributed by atoms with Gasteiger partial charge in [-0.1, -0.05) is 42.5 Å². The Bertz CT molecular complexity index is 990. The lowest BCUT2D eigenvalue weighted by molar-refractivity contribution is -0.136. The summed E-state index contributed by atoms with van der Waals surface area (Å²) in [6.45, 7) is 5.46. The number of benzene rings is 2. The maximum absolute atomic E-state index is 12.9. The second kappa shape index (κ2) is 13.5. The lowest BCUT2D eigenvalue weighted by atomic mass is 10.1. The number of rotatable bonds is 11. The van der Waals surface area contributed by atoms with Crippen molar-refractivity contribution in [2.45, 2.75) is 52.2 Å². The minimum absolute atomic E-state index is 0.0430. The van der Waals surface area contributed by atoms with Crippen LogP contribution in [0.15, 0.2) is 48.5 Å². The summed E-state index contributed by atoms with van der Waals surface area (Å²) >= 11 is 0. The number of carbonyl (C=O) groups excluding carboxylic acids is 3. The molecule has 2 aromatic rings. The molecule has 1 unspecified atom stereocenters.